The van der Waals surface area contributed by atoms with Crippen molar-refractivity contribution in [3.8, 4) is 11.8 Å². The number of rotatable bonds is 5. The van der Waals surface area contributed by atoms with Crippen molar-refractivity contribution in [3.63, 3.8) is 0 Å². The lowest BCUT2D eigenvalue weighted by Crippen LogP contribution is -2.41. The molecule has 1 unspecified atom stereocenters. The number of benzene rings is 3. The molecule has 0 amide bonds. The quantitative estimate of drug-likeness (QED) is 0.380. The highest BCUT2D eigenvalue weighted by Crippen LogP contribution is 2.40. The van der Waals surface area contributed by atoms with E-state index in [-0.39, 0.29) is 20.6 Å². The van der Waals surface area contributed by atoms with E-state index in [0.717, 1.165) is 16.4 Å². The Hall–Kier alpha value is -2.70. The zero-order valence-electron chi connectivity index (χ0n) is 18.5. The summed E-state index contributed by atoms with van der Waals surface area (Å²) in [6.45, 7) is 3.20. The van der Waals surface area contributed by atoms with Gasteiger partial charge in [-0.3, -0.25) is 4.31 Å². The molecule has 3 rings (SSSR count). The fourth-order valence-corrected chi connectivity index (χ4v) is 5.74. The van der Waals surface area contributed by atoms with Gasteiger partial charge in [-0.15, -0.1) is 0 Å². The minimum Gasteiger partial charge on any atom is -0.366 e. The van der Waals surface area contributed by atoms with Crippen molar-refractivity contribution in [1.82, 2.24) is 0 Å². The molecule has 3 aromatic rings. The number of nitrogens with zero attached hydrogens (tertiary/aromatic N) is 1. The van der Waals surface area contributed by atoms with Crippen LogP contribution >= 0.6 is 23.2 Å². The number of halogens is 5. The van der Waals surface area contributed by atoms with E-state index in [1.54, 1.807) is 32.0 Å². The smallest absolute Gasteiger partial charge is 0.366 e. The highest BCUT2D eigenvalue weighted by Gasteiger charge is 2.54. The third kappa shape index (κ3) is 5.60. The molecule has 4 nitrogen and oxygen atoms in total. The second-order valence-corrected chi connectivity index (χ2v) is 10.5. The van der Waals surface area contributed by atoms with Crippen LogP contribution in [0.5, 0.6) is 0 Å². The topological polar surface area (TPSA) is 57.6 Å². The lowest BCUT2D eigenvalue weighted by atomic mass is 9.93. The van der Waals surface area contributed by atoms with Gasteiger partial charge >= 0.3 is 6.18 Å². The summed E-state index contributed by atoms with van der Waals surface area (Å²) in [5.74, 6) is 4.28. The van der Waals surface area contributed by atoms with Crippen LogP contribution in [0.2, 0.25) is 10.0 Å². The van der Waals surface area contributed by atoms with Crippen LogP contribution in [0, 0.1) is 11.8 Å². The Labute approximate surface area is 212 Å². The predicted molar refractivity (Wildman–Crippen MR) is 131 cm³/mol. The number of sulfonamides is 1. The molecule has 0 radical (unpaired) electrons. The Morgan fingerprint density at radius 1 is 0.943 bits per heavy atom. The average molecular weight is 542 g/mol. The van der Waals surface area contributed by atoms with E-state index in [4.69, 9.17) is 23.2 Å². The average Bonchev–Trinajstić information content (AvgIpc) is 2.79. The maximum Gasteiger partial charge on any atom is 0.433 e. The molecule has 3 aromatic carbocycles. The van der Waals surface area contributed by atoms with E-state index in [9.17, 15) is 26.7 Å². The van der Waals surface area contributed by atoms with Crippen LogP contribution in [0.25, 0.3) is 0 Å². The van der Waals surface area contributed by atoms with Crippen molar-refractivity contribution in [2.24, 2.45) is 0 Å². The van der Waals surface area contributed by atoms with Crippen molar-refractivity contribution in [1.29, 1.82) is 0 Å². The first-order chi connectivity index (χ1) is 16.3. The molecule has 184 valence electrons. The number of aliphatic hydroxyl groups is 1. The van der Waals surface area contributed by atoms with Crippen LogP contribution in [-0.4, -0.2) is 25.7 Å². The fourth-order valence-electron chi connectivity index (χ4n) is 3.34. The van der Waals surface area contributed by atoms with Crippen LogP contribution in [-0.2, 0) is 15.6 Å². The molecule has 0 aliphatic heterocycles. The van der Waals surface area contributed by atoms with Gasteiger partial charge in [-0.25, -0.2) is 8.42 Å². The molecule has 0 heterocycles. The SMILES string of the molecule is CC(C)N(c1ccc(C(O)(C#Cc2ccccc2)C(F)(F)F)cc1)S(=O)(=O)c1cc(Cl)ccc1Cl. The van der Waals surface area contributed by atoms with Crippen LogP contribution in [0.3, 0.4) is 0 Å². The third-order valence-corrected chi connectivity index (χ3v) is 7.73. The molecule has 0 saturated carbocycles. The van der Waals surface area contributed by atoms with Crippen molar-refractivity contribution in [3.05, 3.63) is 94.0 Å². The number of alkyl halides is 3. The van der Waals surface area contributed by atoms with Gasteiger partial charge in [0.25, 0.3) is 10.0 Å². The number of hydrogen-bond donors (Lipinski definition) is 1. The molecule has 1 atom stereocenters. The Morgan fingerprint density at radius 3 is 2.09 bits per heavy atom. The van der Waals surface area contributed by atoms with Crippen LogP contribution < -0.4 is 4.31 Å². The van der Waals surface area contributed by atoms with Crippen LogP contribution in [0.4, 0.5) is 18.9 Å². The summed E-state index contributed by atoms with van der Waals surface area (Å²) < 4.78 is 69.4. The molecule has 1 N–H and O–H groups in total. The molecule has 0 aliphatic carbocycles. The summed E-state index contributed by atoms with van der Waals surface area (Å²) in [7, 11) is -4.23. The molecule has 0 aromatic heterocycles. The molecular weight excluding hydrogens is 522 g/mol. The molecule has 0 fully saturated rings. The first-order valence-electron chi connectivity index (χ1n) is 10.2. The Balaban J connectivity index is 2.07. The van der Waals surface area contributed by atoms with Crippen molar-refractivity contribution in [2.45, 2.75) is 36.6 Å². The van der Waals surface area contributed by atoms with Gasteiger partial charge in [0.05, 0.1) is 10.7 Å². The van der Waals surface area contributed by atoms with Gasteiger partial charge in [0.1, 0.15) is 4.90 Å². The van der Waals surface area contributed by atoms with E-state index in [2.05, 4.69) is 5.92 Å². The zero-order valence-corrected chi connectivity index (χ0v) is 20.8. The van der Waals surface area contributed by atoms with Gasteiger partial charge in [-0.2, -0.15) is 13.2 Å². The van der Waals surface area contributed by atoms with Gasteiger partial charge in [0.15, 0.2) is 0 Å². The Bertz CT molecular complexity index is 1370. The molecule has 0 saturated heterocycles. The summed E-state index contributed by atoms with van der Waals surface area (Å²) >= 11 is 12.1. The first kappa shape index (κ1) is 26.9. The van der Waals surface area contributed by atoms with Crippen molar-refractivity contribution < 1.29 is 26.7 Å². The van der Waals surface area contributed by atoms with Gasteiger partial charge in [0.2, 0.25) is 5.60 Å². The molecule has 0 spiro atoms. The largest absolute Gasteiger partial charge is 0.433 e. The van der Waals surface area contributed by atoms with E-state index in [1.165, 1.54) is 42.5 Å². The Morgan fingerprint density at radius 2 is 1.54 bits per heavy atom. The van der Waals surface area contributed by atoms with E-state index >= 15 is 0 Å². The molecular formula is C25H20Cl2F3NO3S. The van der Waals surface area contributed by atoms with E-state index < -0.39 is 33.4 Å². The molecule has 35 heavy (non-hydrogen) atoms. The lowest BCUT2D eigenvalue weighted by molar-refractivity contribution is -0.240. The highest BCUT2D eigenvalue weighted by molar-refractivity contribution is 7.93. The normalized spacial score (nSPS) is 13.6. The minimum absolute atomic E-state index is 0.0562. The Kier molecular flexibility index (Phi) is 7.77. The monoisotopic (exact) mass is 541 g/mol. The second kappa shape index (κ2) is 10.1. The summed E-state index contributed by atoms with van der Waals surface area (Å²) in [5, 5.41) is 10.7. The molecule has 10 heteroatoms. The van der Waals surface area contributed by atoms with Crippen LogP contribution in [0.15, 0.2) is 77.7 Å². The summed E-state index contributed by atoms with van der Waals surface area (Å²) in [6.07, 6.45) is -5.12. The van der Waals surface area contributed by atoms with Crippen molar-refractivity contribution in [2.75, 3.05) is 4.31 Å². The first-order valence-corrected chi connectivity index (χ1v) is 12.4. The predicted octanol–water partition coefficient (Wildman–Crippen LogP) is 6.40. The van der Waals surface area contributed by atoms with Gasteiger partial charge < -0.3 is 5.11 Å². The number of hydrogen-bond acceptors (Lipinski definition) is 3. The van der Waals surface area contributed by atoms with Crippen LogP contribution in [0.1, 0.15) is 25.0 Å². The standard InChI is InChI=1S/C25H20Cl2F3NO3S/c1-17(2)31(35(33,34)23-16-20(26)10-13-22(23)27)21-11-8-19(9-12-21)24(32,25(28,29)30)15-14-18-6-4-3-5-7-18/h3-13,16-17,32H,1-2H3. The zero-order chi connectivity index (χ0) is 26.0. The summed E-state index contributed by atoms with van der Waals surface area (Å²) in [4.78, 5) is -0.245. The molecule has 0 aliphatic rings. The van der Waals surface area contributed by atoms with Crippen molar-refractivity contribution >= 4 is 38.9 Å². The highest BCUT2D eigenvalue weighted by atomic mass is 35.5. The van der Waals surface area contributed by atoms with E-state index in [1.807, 2.05) is 5.92 Å². The second-order valence-electron chi connectivity index (χ2n) is 7.84. The molecule has 0 bridgehead atoms. The summed E-state index contributed by atoms with van der Waals surface area (Å²) in [5.41, 5.74) is -3.67. The van der Waals surface area contributed by atoms with Gasteiger partial charge in [-0.1, -0.05) is 59.5 Å². The lowest BCUT2D eigenvalue weighted by Gasteiger charge is -2.30. The minimum atomic E-state index is -5.12. The van der Waals surface area contributed by atoms with E-state index in [0.29, 0.717) is 5.56 Å². The third-order valence-electron chi connectivity index (χ3n) is 5.01. The van der Waals surface area contributed by atoms with Gasteiger partial charge in [0, 0.05) is 22.2 Å². The van der Waals surface area contributed by atoms with Gasteiger partial charge in [-0.05, 0) is 62.2 Å². The number of anilines is 1. The summed E-state index contributed by atoms with van der Waals surface area (Å²) in [6, 6.07) is 15.6. The maximum atomic E-state index is 13.9. The maximum absolute atomic E-state index is 13.9. The fraction of sp³-hybridized carbons (Fsp3) is 0.200.